The molecule has 0 aromatic heterocycles. The number of anilines is 2. The first-order chi connectivity index (χ1) is 27.0. The Morgan fingerprint density at radius 3 is 1.30 bits per heavy atom. The quantitative estimate of drug-likeness (QED) is 0.149. The van der Waals surface area contributed by atoms with Crippen LogP contribution in [0.2, 0.25) is 10.0 Å². The van der Waals surface area contributed by atoms with E-state index < -0.39 is 22.4 Å². The van der Waals surface area contributed by atoms with Crippen LogP contribution >= 0.6 is 46.7 Å². The van der Waals surface area contributed by atoms with Gasteiger partial charge in [-0.2, -0.15) is 0 Å². The zero-order chi connectivity index (χ0) is 40.5. The van der Waals surface area contributed by atoms with E-state index in [0.29, 0.717) is 44.4 Å². The van der Waals surface area contributed by atoms with Crippen LogP contribution in [0.3, 0.4) is 0 Å². The first-order valence-corrected chi connectivity index (χ1v) is 19.7. The van der Waals surface area contributed by atoms with Crippen molar-refractivity contribution in [1.82, 2.24) is 0 Å². The van der Waals surface area contributed by atoms with Gasteiger partial charge < -0.3 is 39.1 Å². The number of nitrogens with one attached hydrogen (secondary N) is 2. The molecule has 2 amide bonds. The molecule has 0 saturated heterocycles. The summed E-state index contributed by atoms with van der Waals surface area (Å²) >= 11 is 15.2. The van der Waals surface area contributed by atoms with Crippen LogP contribution in [0, 0.1) is 0 Å². The van der Waals surface area contributed by atoms with Gasteiger partial charge in [-0.25, -0.2) is 0 Å². The molecule has 12 nitrogen and oxygen atoms in total. The molecule has 56 heavy (non-hydrogen) atoms. The normalized spacial score (nSPS) is 18.5. The van der Waals surface area contributed by atoms with E-state index in [9.17, 15) is 19.2 Å². The van der Waals surface area contributed by atoms with E-state index in [0.717, 1.165) is 22.3 Å². The number of carbonyl (C=O) groups is 4. The number of esters is 2. The van der Waals surface area contributed by atoms with Gasteiger partial charge in [0.05, 0.1) is 76.5 Å². The number of thioether (sulfide) groups is 2. The maximum absolute atomic E-state index is 12.7. The number of amides is 2. The topological polar surface area (TPSA) is 148 Å². The van der Waals surface area contributed by atoms with Gasteiger partial charge in [-0.15, -0.1) is 23.5 Å². The highest BCUT2D eigenvalue weighted by atomic mass is 35.5. The third-order valence-electron chi connectivity index (χ3n) is 8.88. The Balaban J connectivity index is 0.000000214. The number of benzene rings is 4. The van der Waals surface area contributed by atoms with Crippen LogP contribution in [0.1, 0.15) is 45.6 Å². The van der Waals surface area contributed by atoms with E-state index in [1.807, 2.05) is 36.4 Å². The van der Waals surface area contributed by atoms with Gasteiger partial charge in [-0.05, 0) is 59.7 Å². The van der Waals surface area contributed by atoms with E-state index in [-0.39, 0.29) is 35.2 Å². The van der Waals surface area contributed by atoms with Gasteiger partial charge >= 0.3 is 11.9 Å². The van der Waals surface area contributed by atoms with Crippen molar-refractivity contribution < 1.29 is 47.6 Å². The molecule has 4 unspecified atom stereocenters. The van der Waals surface area contributed by atoms with Crippen LogP contribution in [-0.2, 0) is 28.7 Å². The molecule has 0 spiro atoms. The zero-order valence-corrected chi connectivity index (χ0v) is 34.5. The molecule has 4 atom stereocenters. The molecule has 0 radical (unpaired) electrons. The Hall–Kier alpha value is -4.76. The molecule has 6 rings (SSSR count). The molecule has 2 aliphatic rings. The SMILES string of the molecule is COC(=O)CC1SC(c2cccc(OC)c2OC)c2cc(Cl)ccc2NC1=O.COC(=O)CC1SC(c2cccc(OC)c2OC)c2cc(Cl)ccc2NC1=O. The number of halogens is 2. The monoisotopic (exact) mass is 842 g/mol. The predicted octanol–water partition coefficient (Wildman–Crippen LogP) is 8.13. The summed E-state index contributed by atoms with van der Waals surface area (Å²) < 4.78 is 31.6. The fourth-order valence-corrected chi connectivity index (χ4v) is 9.42. The number of para-hydroxylation sites is 2. The van der Waals surface area contributed by atoms with Gasteiger partial charge in [0.2, 0.25) is 11.8 Å². The molecule has 0 bridgehead atoms. The van der Waals surface area contributed by atoms with Crippen LogP contribution in [-0.4, -0.2) is 76.9 Å². The number of fused-ring (bicyclic) bond motifs is 2. The number of ether oxygens (including phenoxy) is 6. The van der Waals surface area contributed by atoms with Gasteiger partial charge in [0, 0.05) is 32.5 Å². The average Bonchev–Trinajstić information content (AvgIpc) is 3.43. The summed E-state index contributed by atoms with van der Waals surface area (Å²) in [5, 5.41) is 4.99. The van der Waals surface area contributed by atoms with Crippen LogP contribution in [0.5, 0.6) is 23.0 Å². The second-order valence-corrected chi connectivity index (χ2v) is 15.7. The van der Waals surface area contributed by atoms with E-state index in [1.54, 1.807) is 64.8 Å². The lowest BCUT2D eigenvalue weighted by Gasteiger charge is -2.23. The van der Waals surface area contributed by atoms with E-state index >= 15 is 0 Å². The second-order valence-electron chi connectivity index (χ2n) is 12.2. The first-order valence-electron chi connectivity index (χ1n) is 17.0. The van der Waals surface area contributed by atoms with Gasteiger partial charge in [0.25, 0.3) is 0 Å². The Labute approximate surface area is 343 Å². The third-order valence-corrected chi connectivity index (χ3v) is 12.3. The number of hydrogen-bond acceptors (Lipinski definition) is 12. The summed E-state index contributed by atoms with van der Waals surface area (Å²) in [4.78, 5) is 49.2. The molecule has 4 aromatic carbocycles. The lowest BCUT2D eigenvalue weighted by molar-refractivity contribution is -0.142. The molecule has 16 heteroatoms. The Morgan fingerprint density at radius 1 is 0.571 bits per heavy atom. The summed E-state index contributed by atoms with van der Waals surface area (Å²) in [5.74, 6) is 0.876. The maximum atomic E-state index is 12.7. The van der Waals surface area contributed by atoms with Crippen molar-refractivity contribution in [3.8, 4) is 23.0 Å². The van der Waals surface area contributed by atoms with E-state index in [2.05, 4.69) is 10.6 Å². The highest BCUT2D eigenvalue weighted by Gasteiger charge is 2.37. The number of methoxy groups -OCH3 is 6. The third kappa shape index (κ3) is 9.60. The van der Waals surface area contributed by atoms with Gasteiger partial charge in [-0.1, -0.05) is 47.5 Å². The summed E-state index contributed by atoms with van der Waals surface area (Å²) in [6.45, 7) is 0. The minimum atomic E-state index is -0.639. The van der Waals surface area contributed by atoms with Crippen LogP contribution in [0.4, 0.5) is 11.4 Å². The second kappa shape index (κ2) is 19.4. The summed E-state index contributed by atoms with van der Waals surface area (Å²) in [5.41, 5.74) is 4.58. The molecule has 2 heterocycles. The van der Waals surface area contributed by atoms with Crippen molar-refractivity contribution in [1.29, 1.82) is 0 Å². The van der Waals surface area contributed by atoms with Crippen LogP contribution in [0.15, 0.2) is 72.8 Å². The highest BCUT2D eigenvalue weighted by molar-refractivity contribution is 8.01. The number of hydrogen-bond donors (Lipinski definition) is 2. The maximum Gasteiger partial charge on any atom is 0.307 e. The average molecular weight is 844 g/mol. The van der Waals surface area contributed by atoms with Crippen LogP contribution < -0.4 is 29.6 Å². The van der Waals surface area contributed by atoms with Crippen LogP contribution in [0.25, 0.3) is 0 Å². The van der Waals surface area contributed by atoms with Crippen molar-refractivity contribution in [2.75, 3.05) is 53.3 Å². The Bertz CT molecular complexity index is 1960. The number of rotatable bonds is 10. The molecule has 0 saturated carbocycles. The van der Waals surface area contributed by atoms with Crippen molar-refractivity contribution in [3.63, 3.8) is 0 Å². The molecule has 0 aliphatic carbocycles. The Morgan fingerprint density at radius 2 is 0.964 bits per heavy atom. The first kappa shape index (κ1) is 42.4. The summed E-state index contributed by atoms with van der Waals surface area (Å²) in [7, 11) is 8.88. The molecule has 2 N–H and O–H groups in total. The van der Waals surface area contributed by atoms with E-state index in [1.165, 1.54) is 37.7 Å². The molecule has 2 aliphatic heterocycles. The molecule has 4 aromatic rings. The predicted molar refractivity (Wildman–Crippen MR) is 219 cm³/mol. The van der Waals surface area contributed by atoms with Gasteiger partial charge in [-0.3, -0.25) is 19.2 Å². The molecular weight excluding hydrogens is 803 g/mol. The minimum absolute atomic E-state index is 0.0441. The summed E-state index contributed by atoms with van der Waals surface area (Å²) in [6.07, 6.45) is -0.0883. The number of carbonyl (C=O) groups excluding carboxylic acids is 4. The smallest absolute Gasteiger partial charge is 0.307 e. The van der Waals surface area contributed by atoms with E-state index in [4.69, 9.17) is 51.6 Å². The lowest BCUT2D eigenvalue weighted by atomic mass is 10.0. The lowest BCUT2D eigenvalue weighted by Crippen LogP contribution is -2.27. The fourth-order valence-electron chi connectivity index (χ4n) is 6.22. The molecular formula is C40H40Cl2N2O10S2. The molecule has 296 valence electrons. The standard InChI is InChI=1S/2C20H20ClNO5S/c2*1-25-15-6-4-5-12(18(15)27-3)19-13-9-11(21)7-8-14(13)22-20(24)16(28-19)10-17(23)26-2/h2*4-9,16,19H,10H2,1-3H3,(H,22,24). The zero-order valence-electron chi connectivity index (χ0n) is 31.3. The summed E-state index contributed by atoms with van der Waals surface area (Å²) in [6, 6.07) is 21.7. The Kier molecular flexibility index (Phi) is 14.7. The van der Waals surface area contributed by atoms with Crippen molar-refractivity contribution in [2.45, 2.75) is 33.8 Å². The fraction of sp³-hybridized carbons (Fsp3) is 0.300. The van der Waals surface area contributed by atoms with Crippen molar-refractivity contribution in [3.05, 3.63) is 105 Å². The van der Waals surface area contributed by atoms with Gasteiger partial charge in [0.15, 0.2) is 23.0 Å². The van der Waals surface area contributed by atoms with Gasteiger partial charge in [0.1, 0.15) is 0 Å². The molecule has 0 fully saturated rings. The van der Waals surface area contributed by atoms with Crippen molar-refractivity contribution >= 4 is 81.9 Å². The van der Waals surface area contributed by atoms with Crippen molar-refractivity contribution in [2.24, 2.45) is 0 Å². The minimum Gasteiger partial charge on any atom is -0.493 e. The largest absolute Gasteiger partial charge is 0.493 e. The highest BCUT2D eigenvalue weighted by Crippen LogP contribution is 2.51.